The van der Waals surface area contributed by atoms with Gasteiger partial charge in [0.05, 0.1) is 16.8 Å². The van der Waals surface area contributed by atoms with Gasteiger partial charge in [-0.1, -0.05) is 30.3 Å². The van der Waals surface area contributed by atoms with Gasteiger partial charge in [-0.15, -0.1) is 0 Å². The Kier molecular flexibility index (Phi) is 4.16. The van der Waals surface area contributed by atoms with E-state index in [0.717, 1.165) is 16.9 Å². The number of hydrogen-bond acceptors (Lipinski definition) is 5. The van der Waals surface area contributed by atoms with Crippen LogP contribution in [0.2, 0.25) is 0 Å². The summed E-state index contributed by atoms with van der Waals surface area (Å²) in [5, 5.41) is 0.525. The largest absolute Gasteiger partial charge is 0.492 e. The van der Waals surface area contributed by atoms with Gasteiger partial charge in [0.2, 0.25) is 0 Å². The number of nitrogens with zero attached hydrogens (tertiary/aromatic N) is 1. The lowest BCUT2D eigenvalue weighted by atomic mass is 9.97. The molecule has 6 nitrogen and oxygen atoms in total. The Bertz CT molecular complexity index is 1040. The van der Waals surface area contributed by atoms with Crippen LogP contribution in [0, 0.1) is 12.8 Å². The van der Waals surface area contributed by atoms with E-state index in [0.29, 0.717) is 23.1 Å². The highest BCUT2D eigenvalue weighted by molar-refractivity contribution is 5.80. The van der Waals surface area contributed by atoms with Crippen LogP contribution in [-0.2, 0) is 22.6 Å². The summed E-state index contributed by atoms with van der Waals surface area (Å²) in [5.41, 5.74) is 2.28. The van der Waals surface area contributed by atoms with E-state index in [4.69, 9.17) is 9.47 Å². The fourth-order valence-electron chi connectivity index (χ4n) is 3.16. The molecule has 0 aliphatic carbocycles. The van der Waals surface area contributed by atoms with Gasteiger partial charge in [0, 0.05) is 0 Å². The van der Waals surface area contributed by atoms with Crippen LogP contribution in [0.3, 0.4) is 0 Å². The number of fused-ring (bicyclic) bond motifs is 2. The number of para-hydroxylation sites is 2. The van der Waals surface area contributed by atoms with E-state index in [9.17, 15) is 9.59 Å². The Balaban J connectivity index is 1.48. The van der Waals surface area contributed by atoms with Crippen molar-refractivity contribution in [2.45, 2.75) is 20.0 Å². The molecular weight excluding hydrogens is 332 g/mol. The van der Waals surface area contributed by atoms with E-state index < -0.39 is 0 Å². The summed E-state index contributed by atoms with van der Waals surface area (Å²) in [5.74, 6) is 0.431. The van der Waals surface area contributed by atoms with Crippen molar-refractivity contribution in [3.8, 4) is 5.75 Å². The molecule has 0 spiro atoms. The highest BCUT2D eigenvalue weighted by Crippen LogP contribution is 2.27. The zero-order chi connectivity index (χ0) is 18.1. The predicted molar refractivity (Wildman–Crippen MR) is 96.0 cm³/mol. The first-order valence-corrected chi connectivity index (χ1v) is 8.47. The van der Waals surface area contributed by atoms with Crippen LogP contribution < -0.4 is 10.3 Å². The summed E-state index contributed by atoms with van der Waals surface area (Å²) in [6, 6.07) is 13.1. The molecule has 132 valence electrons. The Morgan fingerprint density at radius 2 is 2.12 bits per heavy atom. The second-order valence-electron chi connectivity index (χ2n) is 6.41. The lowest BCUT2D eigenvalue weighted by molar-refractivity contribution is -0.151. The standard InChI is InChI=1S/C20H18N2O4/c1-12-5-4-7-15-18(12)21-17(22-19(15)23)11-26-20(24)14-9-13-6-2-3-8-16(13)25-10-14/h2-8,14H,9-11H2,1H3,(H,21,22,23)/t14-/m1/s1. The van der Waals surface area contributed by atoms with Crippen LogP contribution in [0.25, 0.3) is 10.9 Å². The van der Waals surface area contributed by atoms with Gasteiger partial charge in [0.15, 0.2) is 0 Å². The first-order valence-electron chi connectivity index (χ1n) is 8.47. The smallest absolute Gasteiger partial charge is 0.313 e. The summed E-state index contributed by atoms with van der Waals surface area (Å²) in [4.78, 5) is 31.7. The predicted octanol–water partition coefficient (Wildman–Crippen LogP) is 2.53. The van der Waals surface area contributed by atoms with Crippen LogP contribution in [0.5, 0.6) is 5.75 Å². The molecule has 1 aliphatic rings. The topological polar surface area (TPSA) is 81.3 Å². The number of hydrogen-bond donors (Lipinski definition) is 1. The quantitative estimate of drug-likeness (QED) is 0.734. The molecule has 1 N–H and O–H groups in total. The van der Waals surface area contributed by atoms with Crippen molar-refractivity contribution >= 4 is 16.9 Å². The molecule has 0 amide bonds. The number of carbonyl (C=O) groups is 1. The average molecular weight is 350 g/mol. The molecule has 0 saturated carbocycles. The van der Waals surface area contributed by atoms with Crippen molar-refractivity contribution in [3.63, 3.8) is 0 Å². The molecule has 0 bridgehead atoms. The Morgan fingerprint density at radius 1 is 1.27 bits per heavy atom. The molecule has 1 aliphatic heterocycles. The maximum atomic E-state index is 12.4. The molecule has 0 fully saturated rings. The number of esters is 1. The number of aryl methyl sites for hydroxylation is 1. The summed E-state index contributed by atoms with van der Waals surface area (Å²) in [6.07, 6.45) is 0.579. The van der Waals surface area contributed by atoms with Crippen molar-refractivity contribution in [2.75, 3.05) is 6.61 Å². The minimum Gasteiger partial charge on any atom is -0.492 e. The SMILES string of the molecule is Cc1cccc2c(=O)[nH]c(COC(=O)[C@H]3COc4ccccc4C3)nc12. The van der Waals surface area contributed by atoms with Gasteiger partial charge in [0.1, 0.15) is 24.8 Å². The minimum absolute atomic E-state index is 0.0729. The molecule has 2 aromatic carbocycles. The van der Waals surface area contributed by atoms with Crippen molar-refractivity contribution < 1.29 is 14.3 Å². The fraction of sp³-hybridized carbons (Fsp3) is 0.250. The summed E-state index contributed by atoms with van der Waals surface area (Å²) >= 11 is 0. The van der Waals surface area contributed by atoms with Gasteiger partial charge in [-0.25, -0.2) is 4.98 Å². The van der Waals surface area contributed by atoms with Gasteiger partial charge in [-0.2, -0.15) is 0 Å². The molecule has 3 aromatic rings. The number of H-pyrrole nitrogens is 1. The zero-order valence-electron chi connectivity index (χ0n) is 14.3. The summed E-state index contributed by atoms with van der Waals surface area (Å²) in [7, 11) is 0. The average Bonchev–Trinajstić information content (AvgIpc) is 2.66. The third-order valence-electron chi connectivity index (χ3n) is 4.55. The molecule has 26 heavy (non-hydrogen) atoms. The Hall–Kier alpha value is -3.15. The third-order valence-corrected chi connectivity index (χ3v) is 4.55. The Labute approximate surface area is 149 Å². The summed E-state index contributed by atoms with van der Waals surface area (Å²) in [6.45, 7) is 2.11. The van der Waals surface area contributed by atoms with Crippen molar-refractivity contribution in [1.29, 1.82) is 0 Å². The number of rotatable bonds is 3. The van der Waals surface area contributed by atoms with E-state index in [1.165, 1.54) is 0 Å². The third kappa shape index (κ3) is 3.06. The van der Waals surface area contributed by atoms with Gasteiger partial charge in [-0.05, 0) is 36.6 Å². The van der Waals surface area contributed by atoms with Gasteiger partial charge in [0.25, 0.3) is 5.56 Å². The van der Waals surface area contributed by atoms with E-state index in [-0.39, 0.29) is 30.7 Å². The maximum Gasteiger partial charge on any atom is 0.313 e. The van der Waals surface area contributed by atoms with Crippen molar-refractivity contribution in [1.82, 2.24) is 9.97 Å². The molecular formula is C20H18N2O4. The molecule has 2 heterocycles. The molecule has 1 aromatic heterocycles. The molecule has 0 unspecified atom stereocenters. The first-order chi connectivity index (χ1) is 12.6. The molecule has 4 rings (SSSR count). The van der Waals surface area contributed by atoms with E-state index in [2.05, 4.69) is 9.97 Å². The van der Waals surface area contributed by atoms with Crippen LogP contribution in [0.1, 0.15) is 17.0 Å². The molecule has 0 saturated heterocycles. The highest BCUT2D eigenvalue weighted by Gasteiger charge is 2.27. The number of nitrogens with one attached hydrogen (secondary N) is 1. The fourth-order valence-corrected chi connectivity index (χ4v) is 3.16. The lowest BCUT2D eigenvalue weighted by Crippen LogP contribution is -2.30. The van der Waals surface area contributed by atoms with Crippen LogP contribution >= 0.6 is 0 Å². The van der Waals surface area contributed by atoms with E-state index in [1.54, 1.807) is 6.07 Å². The number of benzene rings is 2. The number of aromatic amines is 1. The van der Waals surface area contributed by atoms with Crippen LogP contribution in [0.15, 0.2) is 47.3 Å². The first kappa shape index (κ1) is 16.3. The normalized spacial score (nSPS) is 16.0. The van der Waals surface area contributed by atoms with Gasteiger partial charge in [-0.3, -0.25) is 9.59 Å². The second kappa shape index (κ2) is 6.63. The highest BCUT2D eigenvalue weighted by atomic mass is 16.5. The van der Waals surface area contributed by atoms with Crippen LogP contribution in [0.4, 0.5) is 0 Å². The van der Waals surface area contributed by atoms with Gasteiger partial charge >= 0.3 is 5.97 Å². The van der Waals surface area contributed by atoms with Crippen molar-refractivity contribution in [3.05, 3.63) is 69.8 Å². The van der Waals surface area contributed by atoms with E-state index in [1.807, 2.05) is 43.3 Å². The number of ether oxygens (including phenoxy) is 2. The molecule has 6 heteroatoms. The van der Waals surface area contributed by atoms with Crippen LogP contribution in [-0.4, -0.2) is 22.5 Å². The van der Waals surface area contributed by atoms with Gasteiger partial charge < -0.3 is 14.5 Å². The molecule has 1 atom stereocenters. The van der Waals surface area contributed by atoms with E-state index >= 15 is 0 Å². The lowest BCUT2D eigenvalue weighted by Gasteiger charge is -2.23. The second-order valence-corrected chi connectivity index (χ2v) is 6.41. The maximum absolute atomic E-state index is 12.4. The monoisotopic (exact) mass is 350 g/mol. The molecule has 0 radical (unpaired) electrons. The Morgan fingerprint density at radius 3 is 3.00 bits per heavy atom. The zero-order valence-corrected chi connectivity index (χ0v) is 14.3. The minimum atomic E-state index is -0.362. The summed E-state index contributed by atoms with van der Waals surface area (Å²) < 4.78 is 11.0. The number of aromatic nitrogens is 2. The van der Waals surface area contributed by atoms with Crippen molar-refractivity contribution in [2.24, 2.45) is 5.92 Å². The number of carbonyl (C=O) groups excluding carboxylic acids is 1.